The summed E-state index contributed by atoms with van der Waals surface area (Å²) in [4.78, 5) is 0. The smallest absolute Gasteiger partial charge is 0.0366 e. The molecule has 0 heterocycles. The van der Waals surface area contributed by atoms with Crippen molar-refractivity contribution in [1.29, 1.82) is 0 Å². The molecule has 0 aromatic rings. The van der Waals surface area contributed by atoms with Crippen LogP contribution >= 0.6 is 11.6 Å². The molecule has 0 aromatic carbocycles. The van der Waals surface area contributed by atoms with Crippen molar-refractivity contribution in [2.24, 2.45) is 11.3 Å². The average molecular weight is 189 g/mol. The van der Waals surface area contributed by atoms with E-state index < -0.39 is 0 Å². The quantitative estimate of drug-likeness (QED) is 0.570. The van der Waals surface area contributed by atoms with E-state index in [1.54, 1.807) is 0 Å². The third kappa shape index (κ3) is 2.16. The molecule has 0 nitrogen and oxygen atoms in total. The van der Waals surface area contributed by atoms with Crippen molar-refractivity contribution in [2.75, 3.05) is 0 Å². The Balaban J connectivity index is 2.59. The van der Waals surface area contributed by atoms with Gasteiger partial charge in [-0.05, 0) is 30.6 Å². The van der Waals surface area contributed by atoms with Gasteiger partial charge in [0.05, 0.1) is 0 Å². The summed E-state index contributed by atoms with van der Waals surface area (Å²) < 4.78 is 0. The molecule has 0 radical (unpaired) electrons. The van der Waals surface area contributed by atoms with Crippen LogP contribution in [0, 0.1) is 11.3 Å². The van der Waals surface area contributed by atoms with Crippen LogP contribution in [0.15, 0.2) is 0 Å². The lowest BCUT2D eigenvalue weighted by molar-refractivity contribution is 0.132. The third-order valence-electron chi connectivity index (χ3n) is 3.42. The van der Waals surface area contributed by atoms with Gasteiger partial charge >= 0.3 is 0 Å². The second kappa shape index (κ2) is 4.00. The van der Waals surface area contributed by atoms with Gasteiger partial charge in [-0.3, -0.25) is 0 Å². The molecule has 0 spiro atoms. The van der Waals surface area contributed by atoms with Crippen LogP contribution in [-0.4, -0.2) is 5.38 Å². The summed E-state index contributed by atoms with van der Waals surface area (Å²) in [6, 6.07) is 0. The maximum Gasteiger partial charge on any atom is 0.0366 e. The highest BCUT2D eigenvalue weighted by atomic mass is 35.5. The minimum Gasteiger partial charge on any atom is -0.123 e. The van der Waals surface area contributed by atoms with E-state index in [-0.39, 0.29) is 0 Å². The van der Waals surface area contributed by atoms with Crippen LogP contribution in [0.4, 0.5) is 0 Å². The monoisotopic (exact) mass is 188 g/mol. The van der Waals surface area contributed by atoms with Crippen LogP contribution in [0.25, 0.3) is 0 Å². The molecule has 0 aliphatic heterocycles. The molecule has 1 saturated carbocycles. The summed E-state index contributed by atoms with van der Waals surface area (Å²) in [5.74, 6) is 0.748. The summed E-state index contributed by atoms with van der Waals surface area (Å²) in [5.41, 5.74) is 0.487. The molecular formula is C11H21Cl. The standard InChI is InChI=1S/C11H21Cl/c1-4-10(12)9-7-5-6-8-11(9,2)3/h9-10H,4-8H2,1-3H3. The fraction of sp³-hybridized carbons (Fsp3) is 1.00. The number of alkyl halides is 1. The van der Waals surface area contributed by atoms with Crippen molar-refractivity contribution in [3.8, 4) is 0 Å². The van der Waals surface area contributed by atoms with Gasteiger partial charge in [0.25, 0.3) is 0 Å². The van der Waals surface area contributed by atoms with E-state index in [9.17, 15) is 0 Å². The molecule has 72 valence electrons. The average Bonchev–Trinajstić information content (AvgIpc) is 2.02. The molecule has 1 rings (SSSR count). The first-order chi connectivity index (χ1) is 5.58. The van der Waals surface area contributed by atoms with Crippen LogP contribution in [-0.2, 0) is 0 Å². The zero-order chi connectivity index (χ0) is 9.19. The summed E-state index contributed by atoms with van der Waals surface area (Å²) >= 11 is 6.33. The van der Waals surface area contributed by atoms with E-state index in [1.165, 1.54) is 25.7 Å². The summed E-state index contributed by atoms with van der Waals surface area (Å²) in [7, 11) is 0. The molecule has 1 fully saturated rings. The van der Waals surface area contributed by atoms with Gasteiger partial charge in [0.15, 0.2) is 0 Å². The molecule has 12 heavy (non-hydrogen) atoms. The Morgan fingerprint density at radius 3 is 2.58 bits per heavy atom. The number of hydrogen-bond donors (Lipinski definition) is 0. The highest BCUT2D eigenvalue weighted by Gasteiger charge is 2.35. The van der Waals surface area contributed by atoms with Gasteiger partial charge in [0.1, 0.15) is 0 Å². The van der Waals surface area contributed by atoms with Crippen LogP contribution in [0.1, 0.15) is 52.9 Å². The van der Waals surface area contributed by atoms with Crippen molar-refractivity contribution in [3.63, 3.8) is 0 Å². The molecule has 1 heteroatoms. The predicted octanol–water partition coefficient (Wildman–Crippen LogP) is 4.22. The Bertz CT molecular complexity index is 140. The van der Waals surface area contributed by atoms with Gasteiger partial charge in [-0.25, -0.2) is 0 Å². The van der Waals surface area contributed by atoms with E-state index >= 15 is 0 Å². The largest absolute Gasteiger partial charge is 0.123 e. The van der Waals surface area contributed by atoms with E-state index in [1.807, 2.05) is 0 Å². The molecule has 2 unspecified atom stereocenters. The maximum absolute atomic E-state index is 6.33. The fourth-order valence-corrected chi connectivity index (χ4v) is 2.94. The fourth-order valence-electron chi connectivity index (χ4n) is 2.48. The summed E-state index contributed by atoms with van der Waals surface area (Å²) in [5, 5.41) is 0.403. The van der Waals surface area contributed by atoms with Crippen LogP contribution < -0.4 is 0 Å². The zero-order valence-electron chi connectivity index (χ0n) is 8.57. The highest BCUT2D eigenvalue weighted by molar-refractivity contribution is 6.20. The minimum atomic E-state index is 0.403. The van der Waals surface area contributed by atoms with E-state index in [0.717, 1.165) is 12.3 Å². The first-order valence-electron chi connectivity index (χ1n) is 5.22. The Hall–Kier alpha value is 0.290. The topological polar surface area (TPSA) is 0 Å². The number of rotatable bonds is 2. The SMILES string of the molecule is CCC(Cl)C1CCCCC1(C)C. The summed E-state index contributed by atoms with van der Waals surface area (Å²) in [6.07, 6.45) is 6.61. The third-order valence-corrected chi connectivity index (χ3v) is 4.03. The Kier molecular flexibility index (Phi) is 3.46. The maximum atomic E-state index is 6.33. The molecule has 1 aliphatic rings. The number of hydrogen-bond acceptors (Lipinski definition) is 0. The van der Waals surface area contributed by atoms with E-state index in [0.29, 0.717) is 10.8 Å². The lowest BCUT2D eigenvalue weighted by atomic mass is 9.67. The second-order valence-corrected chi connectivity index (χ2v) is 5.33. The molecule has 1 aliphatic carbocycles. The van der Waals surface area contributed by atoms with E-state index in [2.05, 4.69) is 20.8 Å². The Morgan fingerprint density at radius 1 is 1.42 bits per heavy atom. The van der Waals surface area contributed by atoms with Gasteiger partial charge in [0.2, 0.25) is 0 Å². The highest BCUT2D eigenvalue weighted by Crippen LogP contribution is 2.44. The van der Waals surface area contributed by atoms with Crippen molar-refractivity contribution in [1.82, 2.24) is 0 Å². The van der Waals surface area contributed by atoms with Gasteiger partial charge in [-0.2, -0.15) is 0 Å². The zero-order valence-corrected chi connectivity index (χ0v) is 9.32. The molecular weight excluding hydrogens is 168 g/mol. The van der Waals surface area contributed by atoms with Crippen molar-refractivity contribution in [2.45, 2.75) is 58.3 Å². The van der Waals surface area contributed by atoms with Crippen LogP contribution in [0.3, 0.4) is 0 Å². The molecule has 0 bridgehead atoms. The lowest BCUT2D eigenvalue weighted by Crippen LogP contribution is -2.33. The Morgan fingerprint density at radius 2 is 2.08 bits per heavy atom. The molecule has 0 saturated heterocycles. The van der Waals surface area contributed by atoms with Crippen LogP contribution in [0.5, 0.6) is 0 Å². The lowest BCUT2D eigenvalue weighted by Gasteiger charge is -2.41. The predicted molar refractivity (Wildman–Crippen MR) is 55.7 cm³/mol. The second-order valence-electron chi connectivity index (χ2n) is 4.77. The molecule has 0 amide bonds. The molecule has 0 aromatic heterocycles. The van der Waals surface area contributed by atoms with Gasteiger partial charge in [-0.1, -0.05) is 33.6 Å². The number of halogens is 1. The van der Waals surface area contributed by atoms with Crippen molar-refractivity contribution >= 4 is 11.6 Å². The normalized spacial score (nSPS) is 31.5. The summed E-state index contributed by atoms with van der Waals surface area (Å²) in [6.45, 7) is 6.95. The van der Waals surface area contributed by atoms with Gasteiger partial charge < -0.3 is 0 Å². The van der Waals surface area contributed by atoms with Crippen molar-refractivity contribution < 1.29 is 0 Å². The van der Waals surface area contributed by atoms with E-state index in [4.69, 9.17) is 11.6 Å². The molecule has 2 atom stereocenters. The van der Waals surface area contributed by atoms with Crippen molar-refractivity contribution in [3.05, 3.63) is 0 Å². The Labute approximate surface area is 81.7 Å². The van der Waals surface area contributed by atoms with Gasteiger partial charge in [-0.15, -0.1) is 11.6 Å². The van der Waals surface area contributed by atoms with Gasteiger partial charge in [0, 0.05) is 5.38 Å². The van der Waals surface area contributed by atoms with Crippen LogP contribution in [0.2, 0.25) is 0 Å². The first-order valence-corrected chi connectivity index (χ1v) is 5.65. The minimum absolute atomic E-state index is 0.403. The molecule has 0 N–H and O–H groups in total. The first kappa shape index (κ1) is 10.4.